The molecule has 0 heterocycles. The van der Waals surface area contributed by atoms with Gasteiger partial charge in [0, 0.05) is 12.2 Å². The van der Waals surface area contributed by atoms with Crippen LogP contribution in [0.15, 0.2) is 42.5 Å². The van der Waals surface area contributed by atoms with Gasteiger partial charge in [0.25, 0.3) is 0 Å². The van der Waals surface area contributed by atoms with E-state index in [4.69, 9.17) is 0 Å². The third-order valence-corrected chi connectivity index (χ3v) is 4.08. The lowest BCUT2D eigenvalue weighted by Gasteiger charge is -2.11. The molecule has 1 aliphatic carbocycles. The lowest BCUT2D eigenvalue weighted by atomic mass is 10.1. The molecule has 2 amide bonds. The molecule has 2 aromatic rings. The van der Waals surface area contributed by atoms with Crippen LogP contribution in [0.3, 0.4) is 0 Å². The predicted octanol–water partition coefficient (Wildman–Crippen LogP) is 2.99. The van der Waals surface area contributed by atoms with E-state index in [0.29, 0.717) is 6.54 Å². The number of benzene rings is 2. The smallest absolute Gasteiger partial charge is 0.319 e. The Balaban J connectivity index is 1.58. The summed E-state index contributed by atoms with van der Waals surface area (Å²) in [7, 11) is 0. The normalized spacial score (nSPS) is 12.8. The molecule has 0 fully saturated rings. The van der Waals surface area contributed by atoms with Gasteiger partial charge >= 0.3 is 6.03 Å². The standard InChI is InChI=1S/C18H20N2O2/c21-12-16-5-2-1-4-15(16)11-19-18(22)20-17-9-8-13-6-3-7-14(13)10-17/h1-2,4-5,8-10,21H,3,6-7,11-12H2,(H2,19,20,22). The first-order valence-corrected chi connectivity index (χ1v) is 7.60. The zero-order valence-electron chi connectivity index (χ0n) is 12.4. The minimum Gasteiger partial charge on any atom is -0.392 e. The topological polar surface area (TPSA) is 61.4 Å². The Morgan fingerprint density at radius 2 is 1.82 bits per heavy atom. The molecule has 22 heavy (non-hydrogen) atoms. The van der Waals surface area contributed by atoms with E-state index in [1.807, 2.05) is 30.3 Å². The second kappa shape index (κ2) is 6.62. The summed E-state index contributed by atoms with van der Waals surface area (Å²) in [5.74, 6) is 0. The summed E-state index contributed by atoms with van der Waals surface area (Å²) in [5.41, 5.74) is 5.31. The molecule has 3 N–H and O–H groups in total. The summed E-state index contributed by atoms with van der Waals surface area (Å²) in [6, 6.07) is 13.4. The van der Waals surface area contributed by atoms with Crippen molar-refractivity contribution in [3.63, 3.8) is 0 Å². The Morgan fingerprint density at radius 1 is 1.05 bits per heavy atom. The lowest BCUT2D eigenvalue weighted by molar-refractivity contribution is 0.251. The van der Waals surface area contributed by atoms with Crippen molar-refractivity contribution < 1.29 is 9.90 Å². The Labute approximate surface area is 130 Å². The molecule has 0 aromatic heterocycles. The number of urea groups is 1. The van der Waals surface area contributed by atoms with Gasteiger partial charge in [0.2, 0.25) is 0 Å². The highest BCUT2D eigenvalue weighted by molar-refractivity contribution is 5.89. The van der Waals surface area contributed by atoms with E-state index in [2.05, 4.69) is 22.8 Å². The number of carbonyl (C=O) groups excluding carboxylic acids is 1. The van der Waals surface area contributed by atoms with Gasteiger partial charge in [0.1, 0.15) is 0 Å². The Kier molecular flexibility index (Phi) is 4.39. The summed E-state index contributed by atoms with van der Waals surface area (Å²) < 4.78 is 0. The lowest BCUT2D eigenvalue weighted by Crippen LogP contribution is -2.28. The minimum atomic E-state index is -0.231. The molecule has 0 unspecified atom stereocenters. The molecule has 3 rings (SSSR count). The van der Waals surface area contributed by atoms with Crippen LogP contribution in [0.5, 0.6) is 0 Å². The van der Waals surface area contributed by atoms with Gasteiger partial charge < -0.3 is 15.7 Å². The van der Waals surface area contributed by atoms with E-state index in [9.17, 15) is 9.90 Å². The predicted molar refractivity (Wildman–Crippen MR) is 86.7 cm³/mol. The van der Waals surface area contributed by atoms with Gasteiger partial charge in [-0.2, -0.15) is 0 Å². The van der Waals surface area contributed by atoms with Crippen molar-refractivity contribution in [1.29, 1.82) is 0 Å². The Bertz CT molecular complexity index is 683. The van der Waals surface area contributed by atoms with Crippen LogP contribution in [-0.2, 0) is 26.0 Å². The van der Waals surface area contributed by atoms with Gasteiger partial charge in [-0.05, 0) is 53.6 Å². The van der Waals surface area contributed by atoms with Gasteiger partial charge in [-0.15, -0.1) is 0 Å². The average molecular weight is 296 g/mol. The maximum Gasteiger partial charge on any atom is 0.319 e. The molecule has 0 aliphatic heterocycles. The highest BCUT2D eigenvalue weighted by Gasteiger charge is 2.11. The number of carbonyl (C=O) groups is 1. The number of hydrogen-bond acceptors (Lipinski definition) is 2. The van der Waals surface area contributed by atoms with Crippen LogP contribution in [0, 0.1) is 0 Å². The molecule has 114 valence electrons. The third-order valence-electron chi connectivity index (χ3n) is 4.08. The molecule has 0 bridgehead atoms. The average Bonchev–Trinajstić information content (AvgIpc) is 3.01. The summed E-state index contributed by atoms with van der Waals surface area (Å²) in [6.07, 6.45) is 3.43. The highest BCUT2D eigenvalue weighted by Crippen LogP contribution is 2.24. The first-order valence-electron chi connectivity index (χ1n) is 7.60. The quantitative estimate of drug-likeness (QED) is 0.812. The fourth-order valence-electron chi connectivity index (χ4n) is 2.88. The van der Waals surface area contributed by atoms with Crippen LogP contribution >= 0.6 is 0 Å². The van der Waals surface area contributed by atoms with Crippen molar-refractivity contribution in [2.24, 2.45) is 0 Å². The number of nitrogens with one attached hydrogen (secondary N) is 2. The van der Waals surface area contributed by atoms with Crippen LogP contribution in [0.25, 0.3) is 0 Å². The number of hydrogen-bond donors (Lipinski definition) is 3. The molecule has 1 aliphatic rings. The number of aryl methyl sites for hydroxylation is 2. The molecule has 0 atom stereocenters. The maximum absolute atomic E-state index is 12.0. The third kappa shape index (κ3) is 3.28. The SMILES string of the molecule is O=C(NCc1ccccc1CO)Nc1ccc2c(c1)CCC2. The van der Waals surface area contributed by atoms with Crippen molar-refractivity contribution in [1.82, 2.24) is 5.32 Å². The van der Waals surface area contributed by atoms with Crippen molar-refractivity contribution >= 4 is 11.7 Å². The fourth-order valence-corrected chi connectivity index (χ4v) is 2.88. The fraction of sp³-hybridized carbons (Fsp3) is 0.278. The Hall–Kier alpha value is -2.33. The summed E-state index contributed by atoms with van der Waals surface area (Å²) in [6.45, 7) is 0.373. The monoisotopic (exact) mass is 296 g/mol. The van der Waals surface area contributed by atoms with E-state index in [0.717, 1.165) is 29.7 Å². The minimum absolute atomic E-state index is 0.0235. The van der Waals surface area contributed by atoms with Gasteiger partial charge in [-0.1, -0.05) is 30.3 Å². The second-order valence-electron chi connectivity index (χ2n) is 5.57. The molecular weight excluding hydrogens is 276 g/mol. The molecule has 2 aromatic carbocycles. The van der Waals surface area contributed by atoms with E-state index < -0.39 is 0 Å². The molecule has 0 saturated carbocycles. The van der Waals surface area contributed by atoms with Crippen molar-refractivity contribution in [2.75, 3.05) is 5.32 Å². The van der Waals surface area contributed by atoms with Crippen molar-refractivity contribution in [2.45, 2.75) is 32.4 Å². The summed E-state index contributed by atoms with van der Waals surface area (Å²) in [4.78, 5) is 12.0. The molecular formula is C18H20N2O2. The molecule has 4 heteroatoms. The number of rotatable bonds is 4. The second-order valence-corrected chi connectivity index (χ2v) is 5.57. The van der Waals surface area contributed by atoms with Gasteiger partial charge in [0.15, 0.2) is 0 Å². The van der Waals surface area contributed by atoms with Crippen LogP contribution in [0.4, 0.5) is 10.5 Å². The van der Waals surface area contributed by atoms with Crippen LogP contribution in [0.1, 0.15) is 28.7 Å². The first-order chi connectivity index (χ1) is 10.8. The van der Waals surface area contributed by atoms with Gasteiger partial charge in [0.05, 0.1) is 6.61 Å². The highest BCUT2D eigenvalue weighted by atomic mass is 16.3. The van der Waals surface area contributed by atoms with Gasteiger partial charge in [-0.25, -0.2) is 4.79 Å². The largest absolute Gasteiger partial charge is 0.392 e. The van der Waals surface area contributed by atoms with Crippen LogP contribution in [0.2, 0.25) is 0 Å². The van der Waals surface area contributed by atoms with E-state index in [1.54, 1.807) is 0 Å². The number of fused-ring (bicyclic) bond motifs is 1. The molecule has 4 nitrogen and oxygen atoms in total. The van der Waals surface area contributed by atoms with Crippen LogP contribution in [-0.4, -0.2) is 11.1 Å². The molecule has 0 spiro atoms. The summed E-state index contributed by atoms with van der Waals surface area (Å²) in [5, 5.41) is 15.0. The molecule has 0 saturated heterocycles. The van der Waals surface area contributed by atoms with Crippen molar-refractivity contribution in [3.05, 3.63) is 64.7 Å². The van der Waals surface area contributed by atoms with E-state index in [1.165, 1.54) is 17.5 Å². The van der Waals surface area contributed by atoms with E-state index in [-0.39, 0.29) is 12.6 Å². The maximum atomic E-state index is 12.0. The summed E-state index contributed by atoms with van der Waals surface area (Å²) >= 11 is 0. The number of aliphatic hydroxyl groups excluding tert-OH is 1. The zero-order valence-corrected chi connectivity index (χ0v) is 12.4. The molecule has 0 radical (unpaired) electrons. The van der Waals surface area contributed by atoms with Crippen molar-refractivity contribution in [3.8, 4) is 0 Å². The number of amides is 2. The number of anilines is 1. The first kappa shape index (κ1) is 14.6. The zero-order chi connectivity index (χ0) is 15.4. The van der Waals surface area contributed by atoms with Crippen LogP contribution < -0.4 is 10.6 Å². The number of aliphatic hydroxyl groups is 1. The van der Waals surface area contributed by atoms with E-state index >= 15 is 0 Å². The van der Waals surface area contributed by atoms with Gasteiger partial charge in [-0.3, -0.25) is 0 Å². The Morgan fingerprint density at radius 3 is 2.64 bits per heavy atom.